The van der Waals surface area contributed by atoms with Crippen molar-refractivity contribution in [3.8, 4) is 5.82 Å². The topological polar surface area (TPSA) is 96.8 Å². The fourth-order valence-electron chi connectivity index (χ4n) is 2.43. The molecule has 3 N–H and O–H groups in total. The van der Waals surface area contributed by atoms with Gasteiger partial charge in [0.2, 0.25) is 0 Å². The second-order valence-corrected chi connectivity index (χ2v) is 5.98. The number of hydrogen-bond donors (Lipinski definition) is 3. The van der Waals surface area contributed by atoms with E-state index in [0.29, 0.717) is 24.2 Å². The predicted molar refractivity (Wildman–Crippen MR) is 100 cm³/mol. The fourth-order valence-corrected chi connectivity index (χ4v) is 2.43. The van der Waals surface area contributed by atoms with Gasteiger partial charge < -0.3 is 16.0 Å². The van der Waals surface area contributed by atoms with Crippen molar-refractivity contribution >= 4 is 17.5 Å². The Balaban J connectivity index is 1.49. The number of halogens is 2. The summed E-state index contributed by atoms with van der Waals surface area (Å²) in [6.45, 7) is 4.51. The number of nitrogens with one attached hydrogen (secondary N) is 3. The molecule has 0 fully saturated rings. The van der Waals surface area contributed by atoms with Gasteiger partial charge in [0.1, 0.15) is 35.9 Å². The van der Waals surface area contributed by atoms with Crippen LogP contribution in [0.1, 0.15) is 11.4 Å². The number of anilines is 2. The number of aryl methyl sites for hydroxylation is 1. The molecule has 2 aromatic heterocycles. The first-order valence-corrected chi connectivity index (χ1v) is 8.51. The molecule has 8 nitrogen and oxygen atoms in total. The summed E-state index contributed by atoms with van der Waals surface area (Å²) < 4.78 is 28.2. The van der Waals surface area contributed by atoms with E-state index in [-0.39, 0.29) is 12.2 Å². The van der Waals surface area contributed by atoms with Crippen LogP contribution >= 0.6 is 0 Å². The maximum absolute atomic E-state index is 13.5. The molecule has 1 aromatic carbocycles. The fraction of sp³-hybridized carbons (Fsp3) is 0.222. The molecule has 0 saturated heterocycles. The van der Waals surface area contributed by atoms with Crippen molar-refractivity contribution in [1.29, 1.82) is 0 Å². The SMILES string of the molecule is Cc1ncn(-c2cc(NCCNC(=O)Nc3ccc(F)cc3F)ncn2)c1C. The third kappa shape index (κ3) is 4.58. The van der Waals surface area contributed by atoms with Crippen LogP contribution in [0.4, 0.5) is 25.1 Å². The van der Waals surface area contributed by atoms with Gasteiger partial charge in [-0.05, 0) is 26.0 Å². The highest BCUT2D eigenvalue weighted by Crippen LogP contribution is 2.15. The molecular weight excluding hydrogens is 368 g/mol. The minimum absolute atomic E-state index is 0.0988. The number of urea groups is 1. The Bertz CT molecular complexity index is 990. The third-order valence-corrected chi connectivity index (χ3v) is 4.05. The van der Waals surface area contributed by atoms with Crippen molar-refractivity contribution in [2.24, 2.45) is 0 Å². The molecule has 0 unspecified atom stereocenters. The smallest absolute Gasteiger partial charge is 0.319 e. The Hall–Kier alpha value is -3.56. The van der Waals surface area contributed by atoms with Gasteiger partial charge in [-0.2, -0.15) is 0 Å². The van der Waals surface area contributed by atoms with E-state index in [1.54, 1.807) is 12.4 Å². The number of carbonyl (C=O) groups is 1. The first kappa shape index (κ1) is 19.2. The van der Waals surface area contributed by atoms with Gasteiger partial charge in [-0.15, -0.1) is 0 Å². The average molecular weight is 387 g/mol. The Kier molecular flexibility index (Phi) is 5.78. The van der Waals surface area contributed by atoms with E-state index in [2.05, 4.69) is 30.9 Å². The van der Waals surface area contributed by atoms with Gasteiger partial charge in [-0.25, -0.2) is 28.5 Å². The zero-order valence-electron chi connectivity index (χ0n) is 15.3. The van der Waals surface area contributed by atoms with Crippen molar-refractivity contribution in [1.82, 2.24) is 24.8 Å². The summed E-state index contributed by atoms with van der Waals surface area (Å²) in [5, 5.41) is 7.96. The lowest BCUT2D eigenvalue weighted by Crippen LogP contribution is -2.33. The molecule has 3 rings (SSSR count). The Morgan fingerprint density at radius 3 is 2.64 bits per heavy atom. The van der Waals surface area contributed by atoms with E-state index in [0.717, 1.165) is 23.5 Å². The van der Waals surface area contributed by atoms with Crippen LogP contribution in [0, 0.1) is 25.5 Å². The van der Waals surface area contributed by atoms with Gasteiger partial charge in [-0.3, -0.25) is 4.57 Å². The Morgan fingerprint density at radius 2 is 1.93 bits per heavy atom. The second-order valence-electron chi connectivity index (χ2n) is 5.98. The van der Waals surface area contributed by atoms with Gasteiger partial charge in [0.25, 0.3) is 0 Å². The normalized spacial score (nSPS) is 10.6. The van der Waals surface area contributed by atoms with Crippen LogP contribution in [0.3, 0.4) is 0 Å². The first-order valence-electron chi connectivity index (χ1n) is 8.51. The number of nitrogens with zero attached hydrogens (tertiary/aromatic N) is 4. The molecule has 2 heterocycles. The first-order chi connectivity index (χ1) is 13.4. The number of benzene rings is 1. The Morgan fingerprint density at radius 1 is 1.11 bits per heavy atom. The molecule has 0 aliphatic heterocycles. The van der Waals surface area contributed by atoms with E-state index < -0.39 is 17.7 Å². The van der Waals surface area contributed by atoms with Crippen molar-refractivity contribution in [3.05, 3.63) is 59.9 Å². The molecule has 10 heteroatoms. The summed E-state index contributed by atoms with van der Waals surface area (Å²) in [7, 11) is 0. The summed E-state index contributed by atoms with van der Waals surface area (Å²) in [6.07, 6.45) is 3.13. The zero-order chi connectivity index (χ0) is 20.1. The number of hydrogen-bond acceptors (Lipinski definition) is 5. The van der Waals surface area contributed by atoms with Crippen molar-refractivity contribution < 1.29 is 13.6 Å². The van der Waals surface area contributed by atoms with Gasteiger partial charge >= 0.3 is 6.03 Å². The number of imidazole rings is 1. The van der Waals surface area contributed by atoms with Crippen LogP contribution in [-0.2, 0) is 0 Å². The molecular formula is C18H19F2N7O. The molecule has 0 aliphatic carbocycles. The minimum atomic E-state index is -0.841. The predicted octanol–water partition coefficient (Wildman–Crippen LogP) is 2.79. The molecule has 28 heavy (non-hydrogen) atoms. The van der Waals surface area contributed by atoms with Crippen LogP contribution in [0.5, 0.6) is 0 Å². The molecule has 0 bridgehead atoms. The molecule has 0 spiro atoms. The molecule has 2 amide bonds. The molecule has 0 aliphatic rings. The van der Waals surface area contributed by atoms with E-state index in [1.807, 2.05) is 18.4 Å². The Labute approximate surface area is 160 Å². The minimum Gasteiger partial charge on any atom is -0.368 e. The van der Waals surface area contributed by atoms with Gasteiger partial charge in [-0.1, -0.05) is 0 Å². The summed E-state index contributed by atoms with van der Waals surface area (Å²) in [5.41, 5.74) is 1.80. The van der Waals surface area contributed by atoms with Crippen LogP contribution < -0.4 is 16.0 Å². The number of amides is 2. The molecule has 0 atom stereocenters. The van der Waals surface area contributed by atoms with Gasteiger partial charge in [0, 0.05) is 30.9 Å². The lowest BCUT2D eigenvalue weighted by atomic mass is 10.3. The summed E-state index contributed by atoms with van der Waals surface area (Å²) >= 11 is 0. The maximum atomic E-state index is 13.5. The van der Waals surface area contributed by atoms with Crippen LogP contribution in [0.15, 0.2) is 36.9 Å². The van der Waals surface area contributed by atoms with Crippen molar-refractivity contribution in [2.75, 3.05) is 23.7 Å². The highest BCUT2D eigenvalue weighted by atomic mass is 19.1. The van der Waals surface area contributed by atoms with E-state index >= 15 is 0 Å². The van der Waals surface area contributed by atoms with Gasteiger partial charge in [0.15, 0.2) is 0 Å². The third-order valence-electron chi connectivity index (χ3n) is 4.05. The summed E-state index contributed by atoms with van der Waals surface area (Å²) in [5.74, 6) is -0.291. The zero-order valence-corrected chi connectivity index (χ0v) is 15.3. The summed E-state index contributed by atoms with van der Waals surface area (Å²) in [4.78, 5) is 24.4. The molecule has 3 aromatic rings. The number of aromatic nitrogens is 4. The number of rotatable bonds is 6. The van der Waals surface area contributed by atoms with E-state index in [4.69, 9.17) is 0 Å². The molecule has 0 radical (unpaired) electrons. The number of carbonyl (C=O) groups excluding carboxylic acids is 1. The van der Waals surface area contributed by atoms with Crippen LogP contribution in [0.2, 0.25) is 0 Å². The van der Waals surface area contributed by atoms with Crippen molar-refractivity contribution in [3.63, 3.8) is 0 Å². The monoisotopic (exact) mass is 387 g/mol. The summed E-state index contributed by atoms with van der Waals surface area (Å²) in [6, 6.07) is 4.09. The largest absolute Gasteiger partial charge is 0.368 e. The molecule has 0 saturated carbocycles. The highest BCUT2D eigenvalue weighted by Gasteiger charge is 2.08. The van der Waals surface area contributed by atoms with Gasteiger partial charge in [0.05, 0.1) is 11.4 Å². The standard InChI is InChI=1S/C18H19F2N7O/c1-11-12(2)27(10-25-11)17-8-16(23-9-24-17)21-5-6-22-18(28)26-15-4-3-13(19)7-14(15)20/h3-4,7-10H,5-6H2,1-2H3,(H,21,23,24)(H2,22,26,28). The highest BCUT2D eigenvalue weighted by molar-refractivity contribution is 5.89. The van der Waals surface area contributed by atoms with E-state index in [9.17, 15) is 13.6 Å². The van der Waals surface area contributed by atoms with E-state index in [1.165, 1.54) is 6.33 Å². The van der Waals surface area contributed by atoms with Crippen LogP contribution in [-0.4, -0.2) is 38.6 Å². The maximum Gasteiger partial charge on any atom is 0.319 e. The van der Waals surface area contributed by atoms with Crippen molar-refractivity contribution in [2.45, 2.75) is 13.8 Å². The quantitative estimate of drug-likeness (QED) is 0.565. The second kappa shape index (κ2) is 8.42. The molecule has 146 valence electrons. The lowest BCUT2D eigenvalue weighted by molar-refractivity contribution is 0.252. The van der Waals surface area contributed by atoms with Crippen LogP contribution in [0.25, 0.3) is 5.82 Å². The lowest BCUT2D eigenvalue weighted by Gasteiger charge is -2.10. The average Bonchev–Trinajstić information content (AvgIpc) is 3.00.